The van der Waals surface area contributed by atoms with Crippen LogP contribution in [0.1, 0.15) is 33.1 Å². The Bertz CT molecular complexity index is 481. The minimum Gasteiger partial charge on any atom is -0.371 e. The molecule has 2 atom stereocenters. The molecular formula is C16H23N3S2. The first-order valence-corrected chi connectivity index (χ1v) is 8.87. The SMILES string of the molecule is CC(C)CCCCNC1SC1Nc1ccc(N=C=S)cc1. The van der Waals surface area contributed by atoms with Gasteiger partial charge in [0.2, 0.25) is 0 Å². The van der Waals surface area contributed by atoms with Crippen LogP contribution in [0, 0.1) is 5.92 Å². The molecule has 1 aliphatic heterocycles. The summed E-state index contributed by atoms with van der Waals surface area (Å²) in [7, 11) is 0. The van der Waals surface area contributed by atoms with Crippen LogP contribution in [0.4, 0.5) is 11.4 Å². The third kappa shape index (κ3) is 6.18. The van der Waals surface area contributed by atoms with Crippen molar-refractivity contribution >= 4 is 40.5 Å². The predicted molar refractivity (Wildman–Crippen MR) is 96.6 cm³/mol. The molecule has 0 radical (unpaired) electrons. The van der Waals surface area contributed by atoms with E-state index in [-0.39, 0.29) is 0 Å². The lowest BCUT2D eigenvalue weighted by Gasteiger charge is -2.07. The Hall–Kier alpha value is -0.870. The van der Waals surface area contributed by atoms with Crippen LogP contribution in [0.5, 0.6) is 0 Å². The maximum Gasteiger partial charge on any atom is 0.0989 e. The van der Waals surface area contributed by atoms with Crippen molar-refractivity contribution in [3.8, 4) is 0 Å². The Kier molecular flexibility index (Phi) is 6.71. The second-order valence-electron chi connectivity index (χ2n) is 5.72. The average Bonchev–Trinajstić information content (AvgIpc) is 3.19. The fourth-order valence-corrected chi connectivity index (χ4v) is 3.06. The molecule has 3 nitrogen and oxygen atoms in total. The van der Waals surface area contributed by atoms with Gasteiger partial charge >= 0.3 is 0 Å². The Balaban J connectivity index is 1.62. The van der Waals surface area contributed by atoms with Gasteiger partial charge in [0.25, 0.3) is 0 Å². The van der Waals surface area contributed by atoms with Crippen molar-refractivity contribution in [1.82, 2.24) is 5.32 Å². The van der Waals surface area contributed by atoms with Gasteiger partial charge in [0.15, 0.2) is 0 Å². The predicted octanol–water partition coefficient (Wildman–Crippen LogP) is 4.65. The van der Waals surface area contributed by atoms with E-state index in [4.69, 9.17) is 0 Å². The third-order valence-corrected chi connectivity index (χ3v) is 4.59. The van der Waals surface area contributed by atoms with E-state index in [1.54, 1.807) is 0 Å². The number of nitrogens with one attached hydrogen (secondary N) is 2. The monoisotopic (exact) mass is 321 g/mol. The molecule has 1 heterocycles. The van der Waals surface area contributed by atoms with Crippen LogP contribution in [0.3, 0.4) is 0 Å². The van der Waals surface area contributed by atoms with E-state index in [2.05, 4.69) is 46.9 Å². The second-order valence-corrected chi connectivity index (χ2v) is 7.19. The fraction of sp³-hybridized carbons (Fsp3) is 0.562. The summed E-state index contributed by atoms with van der Waals surface area (Å²) in [6, 6.07) is 7.96. The van der Waals surface area contributed by atoms with Crippen LogP contribution in [0.15, 0.2) is 29.3 Å². The number of nitrogens with zero attached hydrogens (tertiary/aromatic N) is 1. The molecule has 0 amide bonds. The summed E-state index contributed by atoms with van der Waals surface area (Å²) in [5, 5.41) is 10.5. The van der Waals surface area contributed by atoms with Crippen molar-refractivity contribution in [1.29, 1.82) is 0 Å². The zero-order valence-corrected chi connectivity index (χ0v) is 14.3. The quantitative estimate of drug-likeness (QED) is 0.300. The highest BCUT2D eigenvalue weighted by Gasteiger charge is 2.37. The number of thiocarbonyl (C=S) groups is 1. The molecular weight excluding hydrogens is 298 g/mol. The van der Waals surface area contributed by atoms with E-state index in [1.807, 2.05) is 36.0 Å². The first kappa shape index (κ1) is 16.5. The minimum absolute atomic E-state index is 0.481. The number of unbranched alkanes of at least 4 members (excludes halogenated alkanes) is 1. The summed E-state index contributed by atoms with van der Waals surface area (Å²) in [6.45, 7) is 5.69. The topological polar surface area (TPSA) is 36.4 Å². The molecule has 2 N–H and O–H groups in total. The van der Waals surface area contributed by atoms with Crippen LogP contribution in [0.2, 0.25) is 0 Å². The molecule has 114 valence electrons. The highest BCUT2D eigenvalue weighted by molar-refractivity contribution is 8.07. The van der Waals surface area contributed by atoms with E-state index in [0.717, 1.165) is 23.8 Å². The highest BCUT2D eigenvalue weighted by atomic mass is 32.2. The number of hydrogen-bond acceptors (Lipinski definition) is 5. The fourth-order valence-electron chi connectivity index (χ4n) is 2.15. The van der Waals surface area contributed by atoms with E-state index in [9.17, 15) is 0 Å². The Morgan fingerprint density at radius 3 is 2.67 bits per heavy atom. The van der Waals surface area contributed by atoms with Crippen LogP contribution >= 0.6 is 24.0 Å². The molecule has 5 heteroatoms. The van der Waals surface area contributed by atoms with E-state index >= 15 is 0 Å². The summed E-state index contributed by atoms with van der Waals surface area (Å²) in [5.41, 5.74) is 1.97. The van der Waals surface area contributed by atoms with Gasteiger partial charge in [-0.15, -0.1) is 11.8 Å². The van der Waals surface area contributed by atoms with E-state index in [1.165, 1.54) is 19.3 Å². The maximum absolute atomic E-state index is 4.59. The maximum atomic E-state index is 4.59. The van der Waals surface area contributed by atoms with Gasteiger partial charge in [0.1, 0.15) is 0 Å². The Labute approximate surface area is 137 Å². The van der Waals surface area contributed by atoms with Gasteiger partial charge in [-0.1, -0.05) is 26.7 Å². The number of rotatable bonds is 9. The molecule has 1 fully saturated rings. The molecule has 0 aromatic heterocycles. The largest absolute Gasteiger partial charge is 0.371 e. The molecule has 0 bridgehead atoms. The van der Waals surface area contributed by atoms with Crippen LogP contribution < -0.4 is 10.6 Å². The number of isothiocyanates is 1. The van der Waals surface area contributed by atoms with Gasteiger partial charge < -0.3 is 10.6 Å². The van der Waals surface area contributed by atoms with Crippen molar-refractivity contribution in [2.45, 2.75) is 43.9 Å². The normalized spacial score (nSPS) is 20.1. The number of thioether (sulfide) groups is 1. The van der Waals surface area contributed by atoms with E-state index < -0.39 is 0 Å². The van der Waals surface area contributed by atoms with Gasteiger partial charge in [-0.2, -0.15) is 4.99 Å². The highest BCUT2D eigenvalue weighted by Crippen LogP contribution is 2.39. The first-order chi connectivity index (χ1) is 10.2. The van der Waals surface area contributed by atoms with Crippen molar-refractivity contribution in [3.63, 3.8) is 0 Å². The molecule has 0 saturated carbocycles. The summed E-state index contributed by atoms with van der Waals surface area (Å²) in [5.74, 6) is 0.820. The van der Waals surface area contributed by atoms with Gasteiger partial charge in [0, 0.05) is 5.69 Å². The molecule has 2 unspecified atom stereocenters. The molecule has 2 rings (SSSR count). The smallest absolute Gasteiger partial charge is 0.0989 e. The minimum atomic E-state index is 0.481. The lowest BCUT2D eigenvalue weighted by Crippen LogP contribution is -2.23. The molecule has 1 aliphatic rings. The van der Waals surface area contributed by atoms with E-state index in [0.29, 0.717) is 10.7 Å². The van der Waals surface area contributed by atoms with Gasteiger partial charge in [-0.05, 0) is 55.4 Å². The van der Waals surface area contributed by atoms with Gasteiger partial charge in [0.05, 0.1) is 21.6 Å². The zero-order chi connectivity index (χ0) is 15.1. The standard InChI is InChI=1S/C16H23N3S2/c1-12(2)5-3-4-10-17-15-16(21-15)19-14-8-6-13(7-9-14)18-11-20/h6-9,12,15-17,19H,3-5,10H2,1-2H3. The molecule has 0 spiro atoms. The summed E-state index contributed by atoms with van der Waals surface area (Å²) in [4.78, 5) is 3.95. The van der Waals surface area contributed by atoms with Crippen LogP contribution in [-0.2, 0) is 0 Å². The van der Waals surface area contributed by atoms with Crippen LogP contribution in [0.25, 0.3) is 0 Å². The van der Waals surface area contributed by atoms with Crippen molar-refractivity contribution in [3.05, 3.63) is 24.3 Å². The van der Waals surface area contributed by atoms with Crippen LogP contribution in [-0.4, -0.2) is 22.5 Å². The summed E-state index contributed by atoms with van der Waals surface area (Å²) >= 11 is 6.53. The summed E-state index contributed by atoms with van der Waals surface area (Å²) < 4.78 is 0. The lowest BCUT2D eigenvalue weighted by molar-refractivity contribution is 0.522. The second kappa shape index (κ2) is 8.54. The number of benzene rings is 1. The number of hydrogen-bond donors (Lipinski definition) is 2. The molecule has 1 aromatic carbocycles. The number of anilines is 1. The first-order valence-electron chi connectivity index (χ1n) is 7.52. The Morgan fingerprint density at radius 1 is 1.24 bits per heavy atom. The van der Waals surface area contributed by atoms with Crippen molar-refractivity contribution in [2.24, 2.45) is 10.9 Å². The Morgan fingerprint density at radius 2 is 2.00 bits per heavy atom. The lowest BCUT2D eigenvalue weighted by atomic mass is 10.1. The molecule has 1 aromatic rings. The average molecular weight is 322 g/mol. The van der Waals surface area contributed by atoms with Crippen molar-refractivity contribution in [2.75, 3.05) is 11.9 Å². The molecule has 1 saturated heterocycles. The summed E-state index contributed by atoms with van der Waals surface area (Å²) in [6.07, 6.45) is 3.92. The molecule has 0 aliphatic carbocycles. The van der Waals surface area contributed by atoms with Gasteiger partial charge in [-0.3, -0.25) is 0 Å². The van der Waals surface area contributed by atoms with Crippen molar-refractivity contribution < 1.29 is 0 Å². The van der Waals surface area contributed by atoms with Gasteiger partial charge in [-0.25, -0.2) is 0 Å². The zero-order valence-electron chi connectivity index (χ0n) is 12.6. The number of aliphatic imine (C=N–C) groups is 1. The molecule has 21 heavy (non-hydrogen) atoms. The third-order valence-electron chi connectivity index (χ3n) is 3.40.